The molecule has 0 bridgehead atoms. The van der Waals surface area contributed by atoms with Gasteiger partial charge in [0.25, 0.3) is 5.56 Å². The van der Waals surface area contributed by atoms with Crippen molar-refractivity contribution in [3.05, 3.63) is 51.6 Å². The molecule has 0 radical (unpaired) electrons. The smallest absolute Gasteiger partial charge is 0.253 e. The van der Waals surface area contributed by atoms with E-state index in [1.165, 1.54) is 0 Å². The number of pyridine rings is 1. The highest BCUT2D eigenvalue weighted by atomic mass is 16.5. The first-order valence-electron chi connectivity index (χ1n) is 9.38. The fourth-order valence-electron chi connectivity index (χ4n) is 3.68. The second kappa shape index (κ2) is 8.17. The average Bonchev–Trinajstić information content (AvgIpc) is 3.17. The fraction of sp³-hybridized carbons (Fsp3) is 0.474. The van der Waals surface area contributed by atoms with Crippen LogP contribution in [0.3, 0.4) is 0 Å². The van der Waals surface area contributed by atoms with Gasteiger partial charge in [-0.15, -0.1) is 5.10 Å². The Labute approximate surface area is 162 Å². The molecule has 28 heavy (non-hydrogen) atoms. The molecule has 1 saturated heterocycles. The second-order valence-corrected chi connectivity index (χ2v) is 6.90. The zero-order chi connectivity index (χ0) is 19.5. The lowest BCUT2D eigenvalue weighted by Gasteiger charge is -2.33. The molecule has 0 amide bonds. The third-order valence-electron chi connectivity index (χ3n) is 5.13. The van der Waals surface area contributed by atoms with Crippen molar-refractivity contribution in [2.45, 2.75) is 19.5 Å². The Bertz CT molecular complexity index is 1010. The summed E-state index contributed by atoms with van der Waals surface area (Å²) in [5.74, 6) is 0.636. The van der Waals surface area contributed by atoms with E-state index in [4.69, 9.17) is 9.47 Å². The van der Waals surface area contributed by atoms with Crippen molar-refractivity contribution in [3.8, 4) is 0 Å². The maximum absolute atomic E-state index is 13.1. The standard InChI is InChI=1S/C19H24N6O3/c1-13-4-3-5-14-12-15(19(26)20-16(13)14)17(24-6-10-28-11-7-24)18-21-22-23-25(18)8-9-27-2/h3-5,12,17H,6-11H2,1-2H3,(H,20,26)/t17-/m1/s1. The van der Waals surface area contributed by atoms with Crippen LogP contribution in [0.2, 0.25) is 0 Å². The van der Waals surface area contributed by atoms with Crippen LogP contribution >= 0.6 is 0 Å². The summed E-state index contributed by atoms with van der Waals surface area (Å²) in [5.41, 5.74) is 2.40. The molecule has 0 aliphatic carbocycles. The van der Waals surface area contributed by atoms with Gasteiger partial charge in [-0.25, -0.2) is 4.68 Å². The number of ether oxygens (including phenoxy) is 2. The summed E-state index contributed by atoms with van der Waals surface area (Å²) in [6, 6.07) is 7.58. The highest BCUT2D eigenvalue weighted by Gasteiger charge is 2.31. The lowest BCUT2D eigenvalue weighted by atomic mass is 10.0. The number of aromatic amines is 1. The van der Waals surface area contributed by atoms with Gasteiger partial charge < -0.3 is 14.5 Å². The molecule has 0 saturated carbocycles. The van der Waals surface area contributed by atoms with Gasteiger partial charge in [0.05, 0.1) is 31.9 Å². The number of hydrogen-bond donors (Lipinski definition) is 1. The number of aryl methyl sites for hydroxylation is 1. The van der Waals surface area contributed by atoms with Crippen molar-refractivity contribution in [2.75, 3.05) is 40.0 Å². The maximum Gasteiger partial charge on any atom is 0.253 e. The number of tetrazole rings is 1. The molecule has 2 aromatic heterocycles. The summed E-state index contributed by atoms with van der Waals surface area (Å²) in [4.78, 5) is 18.3. The van der Waals surface area contributed by atoms with E-state index in [9.17, 15) is 4.79 Å². The number of morpholine rings is 1. The van der Waals surface area contributed by atoms with Gasteiger partial charge in [-0.1, -0.05) is 18.2 Å². The SMILES string of the molecule is COCCn1nnnc1[C@@H](c1cc2cccc(C)c2[nH]c1=O)N1CCOCC1. The number of rotatable bonds is 6. The highest BCUT2D eigenvalue weighted by molar-refractivity contribution is 5.82. The van der Waals surface area contributed by atoms with Crippen LogP contribution in [-0.4, -0.2) is 70.1 Å². The summed E-state index contributed by atoms with van der Waals surface area (Å²) in [7, 11) is 1.64. The molecule has 0 unspecified atom stereocenters. The minimum atomic E-state index is -0.357. The fourth-order valence-corrected chi connectivity index (χ4v) is 3.68. The lowest BCUT2D eigenvalue weighted by Crippen LogP contribution is -2.42. The number of hydrogen-bond acceptors (Lipinski definition) is 7. The van der Waals surface area contributed by atoms with Gasteiger partial charge in [0.15, 0.2) is 5.82 Å². The van der Waals surface area contributed by atoms with Crippen molar-refractivity contribution in [1.82, 2.24) is 30.1 Å². The monoisotopic (exact) mass is 384 g/mol. The summed E-state index contributed by atoms with van der Waals surface area (Å²) >= 11 is 0. The first kappa shape index (κ1) is 18.7. The van der Waals surface area contributed by atoms with Crippen LogP contribution in [0.15, 0.2) is 29.1 Å². The van der Waals surface area contributed by atoms with E-state index in [2.05, 4.69) is 25.4 Å². The largest absolute Gasteiger partial charge is 0.383 e. The molecule has 0 spiro atoms. The van der Waals surface area contributed by atoms with Gasteiger partial charge >= 0.3 is 0 Å². The Hall–Kier alpha value is -2.62. The maximum atomic E-state index is 13.1. The van der Waals surface area contributed by atoms with Crippen LogP contribution in [0.5, 0.6) is 0 Å². The minimum absolute atomic E-state index is 0.125. The molecular weight excluding hydrogens is 360 g/mol. The number of aromatic nitrogens is 5. The Morgan fingerprint density at radius 2 is 2.14 bits per heavy atom. The van der Waals surface area contributed by atoms with Crippen LogP contribution in [0, 0.1) is 6.92 Å². The normalized spacial score (nSPS) is 16.5. The van der Waals surface area contributed by atoms with E-state index in [0.717, 1.165) is 16.5 Å². The first-order valence-corrected chi connectivity index (χ1v) is 9.38. The third kappa shape index (κ3) is 3.56. The van der Waals surface area contributed by atoms with E-state index in [-0.39, 0.29) is 11.6 Å². The Kier molecular flexibility index (Phi) is 5.47. The van der Waals surface area contributed by atoms with E-state index < -0.39 is 0 Å². The number of methoxy groups -OCH3 is 1. The summed E-state index contributed by atoms with van der Waals surface area (Å²) in [5, 5.41) is 13.2. The van der Waals surface area contributed by atoms with Crippen molar-refractivity contribution in [1.29, 1.82) is 0 Å². The lowest BCUT2D eigenvalue weighted by molar-refractivity contribution is 0.0211. The summed E-state index contributed by atoms with van der Waals surface area (Å²) in [6.07, 6.45) is 0. The molecule has 9 nitrogen and oxygen atoms in total. The molecule has 1 atom stereocenters. The molecule has 9 heteroatoms. The second-order valence-electron chi connectivity index (χ2n) is 6.90. The van der Waals surface area contributed by atoms with Gasteiger partial charge in [0, 0.05) is 25.8 Å². The predicted octanol–water partition coefficient (Wildman–Crippen LogP) is 0.891. The molecule has 3 aromatic rings. The number of H-pyrrole nitrogens is 1. The van der Waals surface area contributed by atoms with Gasteiger partial charge in [0.2, 0.25) is 0 Å². The molecule has 1 aromatic carbocycles. The van der Waals surface area contributed by atoms with Crippen LogP contribution < -0.4 is 5.56 Å². The molecule has 1 aliphatic heterocycles. The number of fused-ring (bicyclic) bond motifs is 1. The van der Waals surface area contributed by atoms with E-state index in [1.54, 1.807) is 11.8 Å². The number of nitrogens with one attached hydrogen (secondary N) is 1. The first-order chi connectivity index (χ1) is 13.7. The average molecular weight is 384 g/mol. The van der Waals surface area contributed by atoms with E-state index in [1.807, 2.05) is 31.2 Å². The van der Waals surface area contributed by atoms with Gasteiger partial charge in [0.1, 0.15) is 6.04 Å². The molecule has 1 N–H and O–H groups in total. The molecule has 4 rings (SSSR count). The van der Waals surface area contributed by atoms with Crippen molar-refractivity contribution < 1.29 is 9.47 Å². The quantitative estimate of drug-likeness (QED) is 0.674. The number of para-hydroxylation sites is 1. The molecule has 1 fully saturated rings. The molecule has 1 aliphatic rings. The van der Waals surface area contributed by atoms with E-state index in [0.29, 0.717) is 50.8 Å². The Morgan fingerprint density at radius 3 is 2.93 bits per heavy atom. The highest BCUT2D eigenvalue weighted by Crippen LogP contribution is 2.27. The van der Waals surface area contributed by atoms with Gasteiger partial charge in [-0.2, -0.15) is 0 Å². The molecule has 3 heterocycles. The van der Waals surface area contributed by atoms with Crippen molar-refractivity contribution in [3.63, 3.8) is 0 Å². The predicted molar refractivity (Wildman–Crippen MR) is 103 cm³/mol. The van der Waals surface area contributed by atoms with Gasteiger partial charge in [-0.3, -0.25) is 9.69 Å². The van der Waals surface area contributed by atoms with Crippen LogP contribution in [-0.2, 0) is 16.0 Å². The Morgan fingerprint density at radius 1 is 1.32 bits per heavy atom. The summed E-state index contributed by atoms with van der Waals surface area (Å²) < 4.78 is 12.4. The summed E-state index contributed by atoms with van der Waals surface area (Å²) in [6.45, 7) is 5.62. The van der Waals surface area contributed by atoms with E-state index >= 15 is 0 Å². The number of benzene rings is 1. The van der Waals surface area contributed by atoms with Crippen molar-refractivity contribution in [2.24, 2.45) is 0 Å². The molecular formula is C19H24N6O3. The van der Waals surface area contributed by atoms with Crippen LogP contribution in [0.4, 0.5) is 0 Å². The number of nitrogens with zero attached hydrogens (tertiary/aromatic N) is 5. The van der Waals surface area contributed by atoms with Gasteiger partial charge in [-0.05, 0) is 34.4 Å². The Balaban J connectivity index is 1.84. The minimum Gasteiger partial charge on any atom is -0.383 e. The third-order valence-corrected chi connectivity index (χ3v) is 5.13. The van der Waals surface area contributed by atoms with Crippen molar-refractivity contribution >= 4 is 10.9 Å². The van der Waals surface area contributed by atoms with Crippen LogP contribution in [0.1, 0.15) is 23.0 Å². The molecule has 148 valence electrons. The van der Waals surface area contributed by atoms with Crippen LogP contribution in [0.25, 0.3) is 10.9 Å². The zero-order valence-corrected chi connectivity index (χ0v) is 16.1. The zero-order valence-electron chi connectivity index (χ0n) is 16.1. The topological polar surface area (TPSA) is 98.2 Å².